The second-order valence-electron chi connectivity index (χ2n) is 4.88. The summed E-state index contributed by atoms with van der Waals surface area (Å²) < 4.78 is 0. The van der Waals surface area contributed by atoms with Crippen LogP contribution in [0.5, 0.6) is 0 Å². The average Bonchev–Trinajstić information content (AvgIpc) is 2.93. The van der Waals surface area contributed by atoms with Gasteiger partial charge in [0.05, 0.1) is 12.1 Å². The molecule has 1 aliphatic carbocycles. The molecule has 122 valence electrons. The van der Waals surface area contributed by atoms with Gasteiger partial charge in [-0.2, -0.15) is 4.99 Å². The molecule has 0 aromatic heterocycles. The Morgan fingerprint density at radius 2 is 2.05 bits per heavy atom. The van der Waals surface area contributed by atoms with Gasteiger partial charge in [0.2, 0.25) is 11.9 Å². The first-order valence-electron chi connectivity index (χ1n) is 6.26. The van der Waals surface area contributed by atoms with Crippen molar-refractivity contribution in [3.63, 3.8) is 0 Å². The van der Waals surface area contributed by atoms with E-state index in [2.05, 4.69) is 20.6 Å². The second kappa shape index (κ2) is 7.21. The van der Waals surface area contributed by atoms with E-state index in [0.717, 1.165) is 5.57 Å². The largest absolute Gasteiger partial charge is 0.388 e. The van der Waals surface area contributed by atoms with E-state index >= 15 is 0 Å². The predicted molar refractivity (Wildman–Crippen MR) is 86.2 cm³/mol. The molecule has 0 fully saturated rings. The van der Waals surface area contributed by atoms with Crippen LogP contribution in [0.2, 0.25) is 0 Å². The van der Waals surface area contributed by atoms with Crippen molar-refractivity contribution in [1.82, 2.24) is 10.6 Å². The van der Waals surface area contributed by atoms with E-state index in [9.17, 15) is 15.0 Å². The summed E-state index contributed by atoms with van der Waals surface area (Å²) in [6.07, 6.45) is 3.07. The first kappa shape index (κ1) is 18.6. The molecule has 0 radical (unpaired) electrons. The van der Waals surface area contributed by atoms with Crippen molar-refractivity contribution >= 4 is 42.5 Å². The molecule has 6 N–H and O–H groups in total. The normalized spacial score (nSPS) is 32.1. The predicted octanol–water partition coefficient (Wildman–Crippen LogP) is -1.56. The Morgan fingerprint density at radius 1 is 1.32 bits per heavy atom. The Labute approximate surface area is 139 Å². The van der Waals surface area contributed by atoms with E-state index in [-0.39, 0.29) is 42.7 Å². The number of aliphatic hydroxyl groups excluding tert-OH is 2. The van der Waals surface area contributed by atoms with E-state index in [1.54, 1.807) is 12.3 Å². The van der Waals surface area contributed by atoms with Gasteiger partial charge in [-0.05, 0) is 5.57 Å². The van der Waals surface area contributed by atoms with Crippen LogP contribution in [0, 0.1) is 5.92 Å². The molecule has 3 aliphatic rings. The SMILES string of the molecule is Cl.Cl.NC1=NC2=NC=C(CN[C@H]3C=C[C@H](O)[C@@H]3O)C2C(=O)N1. The second-order valence-corrected chi connectivity index (χ2v) is 4.88. The molecule has 0 saturated heterocycles. The molecule has 8 nitrogen and oxygen atoms in total. The lowest BCUT2D eigenvalue weighted by molar-refractivity contribution is -0.120. The number of rotatable bonds is 3. The van der Waals surface area contributed by atoms with Crippen molar-refractivity contribution in [1.29, 1.82) is 0 Å². The van der Waals surface area contributed by atoms with Gasteiger partial charge >= 0.3 is 0 Å². The number of hydrogen-bond donors (Lipinski definition) is 5. The van der Waals surface area contributed by atoms with Crippen LogP contribution in [0.3, 0.4) is 0 Å². The summed E-state index contributed by atoms with van der Waals surface area (Å²) in [6, 6.07) is -0.352. The average molecular weight is 350 g/mol. The number of carbonyl (C=O) groups is 1. The highest BCUT2D eigenvalue weighted by molar-refractivity contribution is 6.19. The zero-order chi connectivity index (χ0) is 14.3. The van der Waals surface area contributed by atoms with Crippen molar-refractivity contribution in [2.75, 3.05) is 6.54 Å². The smallest absolute Gasteiger partial charge is 0.241 e. The molecule has 0 aromatic rings. The number of guanidine groups is 1. The Kier molecular flexibility index (Phi) is 6.09. The maximum absolute atomic E-state index is 11.9. The molecule has 0 aromatic carbocycles. The lowest BCUT2D eigenvalue weighted by Gasteiger charge is -2.22. The van der Waals surface area contributed by atoms with Crippen LogP contribution >= 0.6 is 24.8 Å². The molecule has 0 spiro atoms. The summed E-state index contributed by atoms with van der Waals surface area (Å²) in [4.78, 5) is 19.9. The summed E-state index contributed by atoms with van der Waals surface area (Å²) in [5.41, 5.74) is 6.21. The number of amides is 1. The van der Waals surface area contributed by atoms with Crippen LogP contribution in [0.4, 0.5) is 0 Å². The minimum atomic E-state index is -0.883. The number of hydrogen-bond acceptors (Lipinski definition) is 7. The van der Waals surface area contributed by atoms with E-state index in [1.807, 2.05) is 0 Å². The Hall–Kier alpha value is -1.45. The lowest BCUT2D eigenvalue weighted by Crippen LogP contribution is -2.49. The van der Waals surface area contributed by atoms with Crippen LogP contribution in [0.25, 0.3) is 0 Å². The summed E-state index contributed by atoms with van der Waals surface area (Å²) in [6.45, 7) is 0.360. The number of aliphatic imine (C=N–C) groups is 2. The van der Waals surface area contributed by atoms with Crippen molar-refractivity contribution < 1.29 is 15.0 Å². The third-order valence-corrected chi connectivity index (χ3v) is 3.52. The highest BCUT2D eigenvalue weighted by Crippen LogP contribution is 2.23. The molecular weight excluding hydrogens is 333 g/mol. The first-order valence-corrected chi connectivity index (χ1v) is 6.26. The molecule has 0 saturated carbocycles. The number of nitrogens with zero attached hydrogens (tertiary/aromatic N) is 2. The molecule has 22 heavy (non-hydrogen) atoms. The van der Waals surface area contributed by atoms with Crippen molar-refractivity contribution in [3.8, 4) is 0 Å². The number of fused-ring (bicyclic) bond motifs is 1. The van der Waals surface area contributed by atoms with Gasteiger partial charge in [-0.25, -0.2) is 4.99 Å². The Bertz CT molecular complexity index is 575. The number of nitrogens with two attached hydrogens (primary N) is 1. The number of aliphatic hydroxyl groups is 2. The minimum Gasteiger partial charge on any atom is -0.388 e. The zero-order valence-corrected chi connectivity index (χ0v) is 13.0. The summed E-state index contributed by atoms with van der Waals surface area (Å²) >= 11 is 0. The fourth-order valence-corrected chi connectivity index (χ4v) is 2.44. The maximum Gasteiger partial charge on any atom is 0.241 e. The highest BCUT2D eigenvalue weighted by Gasteiger charge is 2.36. The third-order valence-electron chi connectivity index (χ3n) is 3.52. The van der Waals surface area contributed by atoms with E-state index in [0.29, 0.717) is 12.4 Å². The summed E-state index contributed by atoms with van der Waals surface area (Å²) in [5, 5.41) is 24.6. The fraction of sp³-hybridized carbons (Fsp3) is 0.417. The molecule has 1 unspecified atom stereocenters. The van der Waals surface area contributed by atoms with Crippen molar-refractivity contribution in [2.24, 2.45) is 21.6 Å². The monoisotopic (exact) mass is 349 g/mol. The molecule has 1 amide bonds. The number of halogens is 2. The lowest BCUT2D eigenvalue weighted by atomic mass is 9.98. The van der Waals surface area contributed by atoms with Gasteiger partial charge in [0, 0.05) is 12.7 Å². The number of carbonyl (C=O) groups excluding carboxylic acids is 1. The third kappa shape index (κ3) is 3.31. The van der Waals surface area contributed by atoms with E-state index in [1.165, 1.54) is 6.08 Å². The zero-order valence-electron chi connectivity index (χ0n) is 11.3. The molecule has 2 heterocycles. The van der Waals surface area contributed by atoms with Crippen LogP contribution in [0.1, 0.15) is 0 Å². The van der Waals surface area contributed by atoms with Gasteiger partial charge in [0.1, 0.15) is 17.9 Å². The number of amidine groups is 1. The van der Waals surface area contributed by atoms with Gasteiger partial charge in [-0.15, -0.1) is 24.8 Å². The maximum atomic E-state index is 11.9. The van der Waals surface area contributed by atoms with Crippen LogP contribution in [-0.4, -0.2) is 52.7 Å². The van der Waals surface area contributed by atoms with Crippen molar-refractivity contribution in [3.05, 3.63) is 23.9 Å². The van der Waals surface area contributed by atoms with Gasteiger partial charge < -0.3 is 21.3 Å². The minimum absolute atomic E-state index is 0. The van der Waals surface area contributed by atoms with Gasteiger partial charge in [-0.1, -0.05) is 12.2 Å². The van der Waals surface area contributed by atoms with E-state index in [4.69, 9.17) is 5.73 Å². The summed E-state index contributed by atoms with van der Waals surface area (Å²) in [7, 11) is 0. The van der Waals surface area contributed by atoms with Crippen LogP contribution in [-0.2, 0) is 4.79 Å². The van der Waals surface area contributed by atoms with Gasteiger partial charge in [0.15, 0.2) is 0 Å². The quantitative estimate of drug-likeness (QED) is 0.393. The van der Waals surface area contributed by atoms with Crippen molar-refractivity contribution in [2.45, 2.75) is 18.2 Å². The molecule has 2 aliphatic heterocycles. The highest BCUT2D eigenvalue weighted by atomic mass is 35.5. The topological polar surface area (TPSA) is 132 Å². The van der Waals surface area contributed by atoms with E-state index < -0.39 is 18.1 Å². The van der Waals surface area contributed by atoms with Crippen LogP contribution < -0.4 is 16.4 Å². The first-order chi connectivity index (χ1) is 9.56. The van der Waals surface area contributed by atoms with Crippen LogP contribution in [0.15, 0.2) is 33.9 Å². The molecule has 4 atom stereocenters. The Morgan fingerprint density at radius 3 is 2.68 bits per heavy atom. The molecule has 10 heteroatoms. The molecule has 0 bridgehead atoms. The fourth-order valence-electron chi connectivity index (χ4n) is 2.44. The molecule has 3 rings (SSSR count). The number of nitrogens with one attached hydrogen (secondary N) is 2. The summed E-state index contributed by atoms with van der Waals surface area (Å²) in [5.74, 6) is -0.373. The standard InChI is InChI=1S/C12H15N5O3.2ClH/c13-12-16-10-8(11(20)17-12)5(4-15-10)3-14-6-1-2-7(18)9(6)19;;/h1-2,4,6-9,14,18-19H,3H2,(H3,13,15,16,17,20);2*1H/t6-,7-,8?,9+;;/m0../s1. The molecular formula is C12H17Cl2N5O3. The van der Waals surface area contributed by atoms with Gasteiger partial charge in [-0.3, -0.25) is 10.1 Å². The Balaban J connectivity index is 0.00000121. The van der Waals surface area contributed by atoms with Gasteiger partial charge in [0.25, 0.3) is 0 Å².